The maximum atomic E-state index is 11.2. The Morgan fingerprint density at radius 3 is 2.57 bits per heavy atom. The first kappa shape index (κ1) is 20.2. The average Bonchev–Trinajstić information content (AvgIpc) is 2.67. The van der Waals surface area contributed by atoms with Crippen LogP contribution in [0.3, 0.4) is 0 Å². The molecule has 0 bridgehead atoms. The third-order valence-electron chi connectivity index (χ3n) is 4.22. The summed E-state index contributed by atoms with van der Waals surface area (Å²) in [6.45, 7) is 3.00. The standard InChI is InChI=1S/C22H19BrClNO3/c1-14-2-4-15(5-3-14)13-28-21-9-6-17(23)10-16(21)12-25-18-7-8-20(24)19(11-18)22(26)27/h2-11,25H,12-13H2,1H3,(H,26,27). The number of halogens is 2. The second-order valence-corrected chi connectivity index (χ2v) is 7.70. The highest BCUT2D eigenvalue weighted by Crippen LogP contribution is 2.26. The van der Waals surface area contributed by atoms with E-state index in [9.17, 15) is 9.90 Å². The van der Waals surface area contributed by atoms with Crippen LogP contribution in [0.4, 0.5) is 5.69 Å². The molecule has 0 aromatic heterocycles. The average molecular weight is 461 g/mol. The maximum absolute atomic E-state index is 11.2. The van der Waals surface area contributed by atoms with Crippen LogP contribution in [0, 0.1) is 6.92 Å². The topological polar surface area (TPSA) is 58.6 Å². The SMILES string of the molecule is Cc1ccc(COc2ccc(Br)cc2CNc2ccc(Cl)c(C(=O)O)c2)cc1. The van der Waals surface area contributed by atoms with E-state index in [0.29, 0.717) is 18.8 Å². The van der Waals surface area contributed by atoms with E-state index in [2.05, 4.69) is 40.3 Å². The molecule has 28 heavy (non-hydrogen) atoms. The van der Waals surface area contributed by atoms with Gasteiger partial charge in [-0.15, -0.1) is 0 Å². The lowest BCUT2D eigenvalue weighted by molar-refractivity contribution is 0.0697. The van der Waals surface area contributed by atoms with E-state index in [-0.39, 0.29) is 10.6 Å². The van der Waals surface area contributed by atoms with Crippen molar-refractivity contribution < 1.29 is 14.6 Å². The summed E-state index contributed by atoms with van der Waals surface area (Å²) in [5.41, 5.74) is 3.99. The Bertz CT molecular complexity index is 990. The molecule has 0 aliphatic rings. The van der Waals surface area contributed by atoms with Crippen LogP contribution in [0.25, 0.3) is 0 Å². The molecular weight excluding hydrogens is 442 g/mol. The molecule has 3 rings (SSSR count). The summed E-state index contributed by atoms with van der Waals surface area (Å²) in [6, 6.07) is 18.9. The molecule has 0 aliphatic heterocycles. The van der Waals surface area contributed by atoms with Crippen molar-refractivity contribution in [3.63, 3.8) is 0 Å². The van der Waals surface area contributed by atoms with Crippen molar-refractivity contribution in [3.05, 3.63) is 92.4 Å². The summed E-state index contributed by atoms with van der Waals surface area (Å²) in [4.78, 5) is 11.2. The van der Waals surface area contributed by atoms with Crippen LogP contribution in [0.2, 0.25) is 5.02 Å². The van der Waals surface area contributed by atoms with Crippen molar-refractivity contribution in [3.8, 4) is 5.75 Å². The van der Waals surface area contributed by atoms with Gasteiger partial charge in [0.25, 0.3) is 0 Å². The molecule has 0 amide bonds. The highest BCUT2D eigenvalue weighted by Gasteiger charge is 2.10. The Morgan fingerprint density at radius 2 is 1.86 bits per heavy atom. The number of aromatic carboxylic acids is 1. The molecule has 144 valence electrons. The van der Waals surface area contributed by atoms with Crippen molar-refractivity contribution in [1.29, 1.82) is 0 Å². The van der Waals surface area contributed by atoms with Gasteiger partial charge in [0, 0.05) is 22.3 Å². The lowest BCUT2D eigenvalue weighted by atomic mass is 10.1. The fraction of sp³-hybridized carbons (Fsp3) is 0.136. The lowest BCUT2D eigenvalue weighted by Crippen LogP contribution is -2.05. The van der Waals surface area contributed by atoms with Gasteiger partial charge >= 0.3 is 5.97 Å². The van der Waals surface area contributed by atoms with E-state index in [0.717, 1.165) is 21.3 Å². The highest BCUT2D eigenvalue weighted by molar-refractivity contribution is 9.10. The quantitative estimate of drug-likeness (QED) is 0.434. The van der Waals surface area contributed by atoms with Crippen LogP contribution in [0.1, 0.15) is 27.0 Å². The molecule has 0 atom stereocenters. The Morgan fingerprint density at radius 1 is 1.11 bits per heavy atom. The van der Waals surface area contributed by atoms with Crippen molar-refractivity contribution in [1.82, 2.24) is 0 Å². The largest absolute Gasteiger partial charge is 0.489 e. The molecule has 2 N–H and O–H groups in total. The minimum atomic E-state index is -1.06. The van der Waals surface area contributed by atoms with E-state index in [1.807, 2.05) is 30.3 Å². The van der Waals surface area contributed by atoms with E-state index in [1.165, 1.54) is 11.6 Å². The van der Waals surface area contributed by atoms with Gasteiger partial charge in [0.05, 0.1) is 10.6 Å². The minimum absolute atomic E-state index is 0.0664. The summed E-state index contributed by atoms with van der Waals surface area (Å²) in [6.07, 6.45) is 0. The van der Waals surface area contributed by atoms with Gasteiger partial charge in [0.1, 0.15) is 12.4 Å². The zero-order valence-corrected chi connectivity index (χ0v) is 17.5. The monoisotopic (exact) mass is 459 g/mol. The number of anilines is 1. The molecule has 0 saturated heterocycles. The van der Waals surface area contributed by atoms with E-state index in [1.54, 1.807) is 12.1 Å². The Kier molecular flexibility index (Phi) is 6.60. The number of ether oxygens (including phenoxy) is 1. The lowest BCUT2D eigenvalue weighted by Gasteiger charge is -2.14. The zero-order chi connectivity index (χ0) is 20.1. The number of hydrogen-bond acceptors (Lipinski definition) is 3. The van der Waals surface area contributed by atoms with Crippen molar-refractivity contribution in [2.75, 3.05) is 5.32 Å². The van der Waals surface area contributed by atoms with Gasteiger partial charge in [-0.2, -0.15) is 0 Å². The molecule has 4 nitrogen and oxygen atoms in total. The predicted octanol–water partition coefficient (Wildman–Crippen LogP) is 6.30. The molecule has 0 heterocycles. The van der Waals surface area contributed by atoms with Gasteiger partial charge < -0.3 is 15.2 Å². The Labute approximate surface area is 177 Å². The number of carboxylic acid groups (broad SMARTS) is 1. The molecule has 0 fully saturated rings. The Balaban J connectivity index is 1.73. The number of aryl methyl sites for hydroxylation is 1. The number of carbonyl (C=O) groups is 1. The number of rotatable bonds is 7. The molecule has 0 radical (unpaired) electrons. The summed E-state index contributed by atoms with van der Waals surface area (Å²) in [5, 5.41) is 12.7. The first-order valence-corrected chi connectivity index (χ1v) is 9.83. The van der Waals surface area contributed by atoms with Crippen molar-refractivity contribution >= 4 is 39.2 Å². The van der Waals surface area contributed by atoms with E-state index >= 15 is 0 Å². The molecule has 6 heteroatoms. The van der Waals surface area contributed by atoms with Crippen LogP contribution >= 0.6 is 27.5 Å². The highest BCUT2D eigenvalue weighted by atomic mass is 79.9. The third kappa shape index (κ3) is 5.27. The van der Waals surface area contributed by atoms with Gasteiger partial charge in [0.2, 0.25) is 0 Å². The number of hydrogen-bond donors (Lipinski definition) is 2. The van der Waals surface area contributed by atoms with Crippen LogP contribution in [0.5, 0.6) is 5.75 Å². The third-order valence-corrected chi connectivity index (χ3v) is 5.04. The van der Waals surface area contributed by atoms with Gasteiger partial charge in [-0.3, -0.25) is 0 Å². The van der Waals surface area contributed by atoms with E-state index < -0.39 is 5.97 Å². The maximum Gasteiger partial charge on any atom is 0.337 e. The van der Waals surface area contributed by atoms with Crippen LogP contribution in [-0.4, -0.2) is 11.1 Å². The first-order valence-electron chi connectivity index (χ1n) is 8.66. The molecule has 0 spiro atoms. The van der Waals surface area contributed by atoms with E-state index in [4.69, 9.17) is 16.3 Å². The normalized spacial score (nSPS) is 10.5. The fourth-order valence-electron chi connectivity index (χ4n) is 2.67. The van der Waals surface area contributed by atoms with Crippen LogP contribution in [-0.2, 0) is 13.2 Å². The molecule has 0 unspecified atom stereocenters. The van der Waals surface area contributed by atoms with Gasteiger partial charge in [-0.05, 0) is 48.9 Å². The molecule has 0 aliphatic carbocycles. The van der Waals surface area contributed by atoms with Gasteiger partial charge in [0.15, 0.2) is 0 Å². The second kappa shape index (κ2) is 9.13. The van der Waals surface area contributed by atoms with Crippen LogP contribution in [0.15, 0.2) is 65.1 Å². The van der Waals surface area contributed by atoms with Gasteiger partial charge in [-0.1, -0.05) is 57.4 Å². The van der Waals surface area contributed by atoms with Gasteiger partial charge in [-0.25, -0.2) is 4.79 Å². The van der Waals surface area contributed by atoms with Crippen LogP contribution < -0.4 is 10.1 Å². The molecular formula is C22H19BrClNO3. The smallest absolute Gasteiger partial charge is 0.337 e. The summed E-state index contributed by atoms with van der Waals surface area (Å²) in [5.74, 6) is -0.290. The summed E-state index contributed by atoms with van der Waals surface area (Å²) >= 11 is 9.42. The summed E-state index contributed by atoms with van der Waals surface area (Å²) in [7, 11) is 0. The zero-order valence-electron chi connectivity index (χ0n) is 15.2. The second-order valence-electron chi connectivity index (χ2n) is 6.38. The Hall–Kier alpha value is -2.50. The van der Waals surface area contributed by atoms with Crippen molar-refractivity contribution in [2.24, 2.45) is 0 Å². The number of carboxylic acids is 1. The number of benzene rings is 3. The first-order chi connectivity index (χ1) is 13.4. The van der Waals surface area contributed by atoms with Crippen molar-refractivity contribution in [2.45, 2.75) is 20.1 Å². The summed E-state index contributed by atoms with van der Waals surface area (Å²) < 4.78 is 6.95. The molecule has 3 aromatic carbocycles. The number of nitrogens with one attached hydrogen (secondary N) is 1. The molecule has 3 aromatic rings. The molecule has 0 saturated carbocycles. The predicted molar refractivity (Wildman–Crippen MR) is 115 cm³/mol. The fourth-order valence-corrected chi connectivity index (χ4v) is 3.28. The minimum Gasteiger partial charge on any atom is -0.489 e.